The number of rotatable bonds is 5. The highest BCUT2D eigenvalue weighted by Crippen LogP contribution is 2.22. The quantitative estimate of drug-likeness (QED) is 0.777. The number of H-pyrrole nitrogens is 1. The van der Waals surface area contributed by atoms with Crippen molar-refractivity contribution in [3.63, 3.8) is 0 Å². The van der Waals surface area contributed by atoms with Gasteiger partial charge in [-0.15, -0.1) is 0 Å². The fourth-order valence-corrected chi connectivity index (χ4v) is 1.53. The van der Waals surface area contributed by atoms with Crippen LogP contribution in [0, 0.1) is 5.41 Å². The first-order chi connectivity index (χ1) is 7.06. The van der Waals surface area contributed by atoms with Crippen molar-refractivity contribution in [1.29, 1.82) is 0 Å². The zero-order valence-electron chi connectivity index (χ0n) is 9.63. The zero-order chi connectivity index (χ0) is 11.3. The summed E-state index contributed by atoms with van der Waals surface area (Å²) < 4.78 is 0. The minimum absolute atomic E-state index is 0.0963. The fraction of sp³-hybridized carbons (Fsp3) is 0.636. The third-order valence-electron chi connectivity index (χ3n) is 2.48. The summed E-state index contributed by atoms with van der Waals surface area (Å²) in [6.07, 6.45) is 5.25. The van der Waals surface area contributed by atoms with Crippen LogP contribution in [-0.2, 0) is 11.3 Å². The van der Waals surface area contributed by atoms with E-state index in [2.05, 4.69) is 22.2 Å². The van der Waals surface area contributed by atoms with Gasteiger partial charge >= 0.3 is 0 Å². The molecule has 1 heterocycles. The summed E-state index contributed by atoms with van der Waals surface area (Å²) in [6, 6.07) is 0. The molecule has 4 nitrogen and oxygen atoms in total. The summed E-state index contributed by atoms with van der Waals surface area (Å²) in [5.41, 5.74) is 0.644. The molecule has 1 aromatic heterocycles. The van der Waals surface area contributed by atoms with Gasteiger partial charge < -0.3 is 10.3 Å². The molecule has 0 saturated heterocycles. The van der Waals surface area contributed by atoms with Crippen molar-refractivity contribution in [2.75, 3.05) is 0 Å². The molecule has 1 rings (SSSR count). The molecular weight excluding hydrogens is 190 g/mol. The number of imidazole rings is 1. The molecule has 0 unspecified atom stereocenters. The molecule has 1 amide bonds. The minimum Gasteiger partial charge on any atom is -0.350 e. The lowest BCUT2D eigenvalue weighted by Crippen LogP contribution is -2.36. The third kappa shape index (κ3) is 3.38. The number of hydrogen-bond donors (Lipinski definition) is 2. The van der Waals surface area contributed by atoms with Crippen LogP contribution in [0.4, 0.5) is 0 Å². The Morgan fingerprint density at radius 1 is 1.60 bits per heavy atom. The van der Waals surface area contributed by atoms with Gasteiger partial charge in [-0.05, 0) is 6.42 Å². The Labute approximate surface area is 90.5 Å². The minimum atomic E-state index is -0.283. The average molecular weight is 209 g/mol. The summed E-state index contributed by atoms with van der Waals surface area (Å²) in [6.45, 7) is 6.55. The SMILES string of the molecule is CCCC(C)(C)C(=O)NCc1cnc[nH]1. The van der Waals surface area contributed by atoms with Crippen molar-refractivity contribution in [2.45, 2.75) is 40.2 Å². The van der Waals surface area contributed by atoms with Crippen molar-refractivity contribution in [2.24, 2.45) is 5.41 Å². The van der Waals surface area contributed by atoms with Gasteiger partial charge in [0.2, 0.25) is 5.91 Å². The second-order valence-electron chi connectivity index (χ2n) is 4.39. The van der Waals surface area contributed by atoms with Gasteiger partial charge in [-0.25, -0.2) is 4.98 Å². The van der Waals surface area contributed by atoms with Crippen LogP contribution >= 0.6 is 0 Å². The Bertz CT molecular complexity index is 304. The maximum absolute atomic E-state index is 11.8. The monoisotopic (exact) mass is 209 g/mol. The molecular formula is C11H19N3O. The van der Waals surface area contributed by atoms with E-state index in [1.54, 1.807) is 12.5 Å². The largest absolute Gasteiger partial charge is 0.350 e. The Balaban J connectivity index is 2.42. The molecule has 0 spiro atoms. The highest BCUT2D eigenvalue weighted by Gasteiger charge is 2.25. The van der Waals surface area contributed by atoms with Gasteiger partial charge in [0.25, 0.3) is 0 Å². The zero-order valence-corrected chi connectivity index (χ0v) is 9.63. The highest BCUT2D eigenvalue weighted by atomic mass is 16.2. The van der Waals surface area contributed by atoms with Crippen LogP contribution in [0.25, 0.3) is 0 Å². The lowest BCUT2D eigenvalue weighted by Gasteiger charge is -2.22. The normalized spacial score (nSPS) is 11.4. The van der Waals surface area contributed by atoms with Crippen LogP contribution in [0.1, 0.15) is 39.3 Å². The van der Waals surface area contributed by atoms with E-state index in [4.69, 9.17) is 0 Å². The van der Waals surface area contributed by atoms with E-state index < -0.39 is 0 Å². The van der Waals surface area contributed by atoms with E-state index in [0.29, 0.717) is 6.54 Å². The van der Waals surface area contributed by atoms with E-state index in [1.165, 1.54) is 0 Å². The predicted molar refractivity (Wildman–Crippen MR) is 59.1 cm³/mol. The molecule has 2 N–H and O–H groups in total. The topological polar surface area (TPSA) is 57.8 Å². The van der Waals surface area contributed by atoms with Gasteiger partial charge in [-0.3, -0.25) is 4.79 Å². The molecule has 0 aromatic carbocycles. The maximum Gasteiger partial charge on any atom is 0.225 e. The molecule has 0 aliphatic heterocycles. The summed E-state index contributed by atoms with van der Waals surface area (Å²) in [5.74, 6) is 0.0963. The maximum atomic E-state index is 11.8. The first-order valence-corrected chi connectivity index (χ1v) is 5.32. The number of carbonyl (C=O) groups excluding carboxylic acids is 1. The van der Waals surface area contributed by atoms with Crippen LogP contribution in [0.3, 0.4) is 0 Å². The predicted octanol–water partition coefficient (Wildman–Crippen LogP) is 1.85. The molecule has 0 bridgehead atoms. The number of nitrogens with zero attached hydrogens (tertiary/aromatic N) is 1. The number of aromatic nitrogens is 2. The van der Waals surface area contributed by atoms with Crippen molar-refractivity contribution >= 4 is 5.91 Å². The lowest BCUT2D eigenvalue weighted by atomic mass is 9.87. The van der Waals surface area contributed by atoms with E-state index in [0.717, 1.165) is 18.5 Å². The highest BCUT2D eigenvalue weighted by molar-refractivity contribution is 5.81. The third-order valence-corrected chi connectivity index (χ3v) is 2.48. The molecule has 0 atom stereocenters. The first kappa shape index (κ1) is 11.8. The molecule has 0 saturated carbocycles. The van der Waals surface area contributed by atoms with E-state index in [-0.39, 0.29) is 11.3 Å². The number of nitrogens with one attached hydrogen (secondary N) is 2. The van der Waals surface area contributed by atoms with Crippen LogP contribution < -0.4 is 5.32 Å². The number of amides is 1. The number of aromatic amines is 1. The van der Waals surface area contributed by atoms with Gasteiger partial charge in [0.15, 0.2) is 0 Å². The molecule has 0 aliphatic rings. The Morgan fingerprint density at radius 3 is 2.87 bits per heavy atom. The smallest absolute Gasteiger partial charge is 0.225 e. The summed E-state index contributed by atoms with van der Waals surface area (Å²) in [4.78, 5) is 18.6. The standard InChI is InChI=1S/C11H19N3O/c1-4-5-11(2,3)10(15)13-7-9-6-12-8-14-9/h6,8H,4-5,7H2,1-3H3,(H,12,14)(H,13,15). The van der Waals surface area contributed by atoms with Gasteiger partial charge in [-0.2, -0.15) is 0 Å². The van der Waals surface area contributed by atoms with Gasteiger partial charge in [0, 0.05) is 11.6 Å². The van der Waals surface area contributed by atoms with Crippen molar-refractivity contribution in [3.05, 3.63) is 18.2 Å². The van der Waals surface area contributed by atoms with E-state index in [1.807, 2.05) is 13.8 Å². The van der Waals surface area contributed by atoms with Gasteiger partial charge in [0.1, 0.15) is 0 Å². The molecule has 15 heavy (non-hydrogen) atoms. The second-order valence-corrected chi connectivity index (χ2v) is 4.39. The molecule has 0 fully saturated rings. The Kier molecular flexibility index (Phi) is 3.88. The molecule has 4 heteroatoms. The van der Waals surface area contributed by atoms with Gasteiger partial charge in [0.05, 0.1) is 18.6 Å². The van der Waals surface area contributed by atoms with E-state index in [9.17, 15) is 4.79 Å². The Morgan fingerprint density at radius 2 is 2.33 bits per heavy atom. The van der Waals surface area contributed by atoms with Crippen molar-refractivity contribution in [3.8, 4) is 0 Å². The summed E-state index contributed by atoms with van der Waals surface area (Å²) in [5, 5.41) is 2.90. The van der Waals surface area contributed by atoms with Crippen molar-refractivity contribution < 1.29 is 4.79 Å². The first-order valence-electron chi connectivity index (χ1n) is 5.32. The Hall–Kier alpha value is -1.32. The van der Waals surface area contributed by atoms with Crippen LogP contribution in [0.15, 0.2) is 12.5 Å². The molecule has 84 valence electrons. The van der Waals surface area contributed by atoms with Crippen LogP contribution in [0.2, 0.25) is 0 Å². The second kappa shape index (κ2) is 4.96. The molecule has 0 aliphatic carbocycles. The van der Waals surface area contributed by atoms with E-state index >= 15 is 0 Å². The van der Waals surface area contributed by atoms with Gasteiger partial charge in [-0.1, -0.05) is 27.2 Å². The lowest BCUT2D eigenvalue weighted by molar-refractivity contribution is -0.129. The average Bonchev–Trinajstić information content (AvgIpc) is 2.66. The summed E-state index contributed by atoms with van der Waals surface area (Å²) in [7, 11) is 0. The fourth-order valence-electron chi connectivity index (χ4n) is 1.53. The summed E-state index contributed by atoms with van der Waals surface area (Å²) >= 11 is 0. The molecule has 1 aromatic rings. The van der Waals surface area contributed by atoms with Crippen LogP contribution in [-0.4, -0.2) is 15.9 Å². The van der Waals surface area contributed by atoms with Crippen molar-refractivity contribution in [1.82, 2.24) is 15.3 Å². The van der Waals surface area contributed by atoms with Crippen LogP contribution in [0.5, 0.6) is 0 Å². The number of carbonyl (C=O) groups is 1. The molecule has 0 radical (unpaired) electrons. The number of hydrogen-bond acceptors (Lipinski definition) is 2.